The third kappa shape index (κ3) is 4.35. The van der Waals surface area contributed by atoms with Crippen molar-refractivity contribution in [1.29, 1.82) is 0 Å². The van der Waals surface area contributed by atoms with Crippen LogP contribution in [0.4, 0.5) is 0 Å². The molecule has 0 saturated carbocycles. The first-order chi connectivity index (χ1) is 10.1. The van der Waals surface area contributed by atoms with Gasteiger partial charge in [0.1, 0.15) is 5.01 Å². The van der Waals surface area contributed by atoms with Gasteiger partial charge in [0.2, 0.25) is 5.91 Å². The van der Waals surface area contributed by atoms with Gasteiger partial charge in [-0.15, -0.1) is 11.3 Å². The van der Waals surface area contributed by atoms with Crippen molar-refractivity contribution in [2.45, 2.75) is 12.5 Å². The maximum Gasteiger partial charge on any atom is 0.336 e. The third-order valence-corrected chi connectivity index (χ3v) is 4.25. The molecule has 8 heteroatoms. The summed E-state index contributed by atoms with van der Waals surface area (Å²) < 4.78 is 4.36. The summed E-state index contributed by atoms with van der Waals surface area (Å²) in [5.41, 5.74) is 1.70. The van der Waals surface area contributed by atoms with Crippen molar-refractivity contribution in [2.75, 3.05) is 13.7 Å². The highest BCUT2D eigenvalue weighted by Crippen LogP contribution is 2.25. The minimum Gasteiger partial charge on any atom is -0.467 e. The zero-order valence-electron chi connectivity index (χ0n) is 11.2. The number of carbonyl (C=O) groups excluding carboxylic acids is 2. The van der Waals surface area contributed by atoms with Gasteiger partial charge in [-0.1, -0.05) is 0 Å². The van der Waals surface area contributed by atoms with Crippen molar-refractivity contribution in [3.63, 3.8) is 0 Å². The van der Waals surface area contributed by atoms with E-state index in [1.165, 1.54) is 18.4 Å². The Morgan fingerprint density at radius 3 is 2.95 bits per heavy atom. The minimum atomic E-state index is -1.35. The van der Waals surface area contributed by atoms with Crippen LogP contribution in [0.5, 0.6) is 0 Å². The van der Waals surface area contributed by atoms with Crippen LogP contribution in [0.15, 0.2) is 22.2 Å². The highest BCUT2D eigenvalue weighted by molar-refractivity contribution is 7.14. The fourth-order valence-corrected chi connectivity index (χ4v) is 3.10. The summed E-state index contributed by atoms with van der Waals surface area (Å²) in [4.78, 5) is 27.1. The van der Waals surface area contributed by atoms with Gasteiger partial charge in [0.25, 0.3) is 0 Å². The predicted molar refractivity (Wildman–Crippen MR) is 80.2 cm³/mol. The van der Waals surface area contributed by atoms with E-state index in [0.717, 1.165) is 10.6 Å². The van der Waals surface area contributed by atoms with Crippen LogP contribution in [0.25, 0.3) is 10.6 Å². The molecule has 112 valence electrons. The summed E-state index contributed by atoms with van der Waals surface area (Å²) >= 11 is 3.06. The summed E-state index contributed by atoms with van der Waals surface area (Å²) in [7, 11) is 1.18. The van der Waals surface area contributed by atoms with E-state index in [1.807, 2.05) is 22.2 Å². The fourth-order valence-electron chi connectivity index (χ4n) is 1.56. The molecule has 0 fully saturated rings. The number of methoxy groups -OCH3 is 1. The maximum absolute atomic E-state index is 11.7. The zero-order valence-corrected chi connectivity index (χ0v) is 12.9. The number of hydrogen-bond acceptors (Lipinski definition) is 7. The number of aromatic nitrogens is 1. The number of amides is 1. The number of carbonyl (C=O) groups is 2. The molecule has 6 nitrogen and oxygen atoms in total. The molecule has 0 spiro atoms. The van der Waals surface area contributed by atoms with Crippen molar-refractivity contribution in [2.24, 2.45) is 0 Å². The number of esters is 1. The molecule has 1 amide bonds. The molecule has 2 heterocycles. The van der Waals surface area contributed by atoms with Crippen molar-refractivity contribution < 1.29 is 19.4 Å². The van der Waals surface area contributed by atoms with Crippen molar-refractivity contribution in [1.82, 2.24) is 10.3 Å². The van der Waals surface area contributed by atoms with Gasteiger partial charge >= 0.3 is 5.97 Å². The summed E-state index contributed by atoms with van der Waals surface area (Å²) in [5.74, 6) is -1.08. The lowest BCUT2D eigenvalue weighted by Gasteiger charge is -2.09. The number of ether oxygens (including phenoxy) is 1. The quantitative estimate of drug-likeness (QED) is 0.775. The van der Waals surface area contributed by atoms with Gasteiger partial charge in [0.15, 0.2) is 6.10 Å². The molecule has 0 aromatic carbocycles. The van der Waals surface area contributed by atoms with Gasteiger partial charge in [-0.3, -0.25) is 4.79 Å². The third-order valence-electron chi connectivity index (χ3n) is 2.63. The van der Waals surface area contributed by atoms with E-state index in [9.17, 15) is 14.7 Å². The average Bonchev–Trinajstić information content (AvgIpc) is 3.14. The molecule has 0 aliphatic rings. The number of thiophene rings is 1. The van der Waals surface area contributed by atoms with Crippen LogP contribution in [0.2, 0.25) is 0 Å². The highest BCUT2D eigenvalue weighted by Gasteiger charge is 2.16. The minimum absolute atomic E-state index is 0.106. The topological polar surface area (TPSA) is 88.5 Å². The Balaban J connectivity index is 1.84. The molecular weight excluding hydrogens is 312 g/mol. The lowest BCUT2D eigenvalue weighted by atomic mass is 10.3. The molecular formula is C13H14N2O4S2. The Hall–Kier alpha value is -1.77. The van der Waals surface area contributed by atoms with Crippen molar-refractivity contribution in [3.8, 4) is 10.6 Å². The zero-order chi connectivity index (χ0) is 15.2. The van der Waals surface area contributed by atoms with Gasteiger partial charge in [0, 0.05) is 16.3 Å². The molecule has 0 saturated heterocycles. The number of nitrogens with one attached hydrogen (secondary N) is 1. The molecule has 21 heavy (non-hydrogen) atoms. The number of thiazole rings is 1. The number of nitrogens with zero attached hydrogens (tertiary/aromatic N) is 1. The molecule has 2 aromatic heterocycles. The van der Waals surface area contributed by atoms with E-state index < -0.39 is 12.1 Å². The van der Waals surface area contributed by atoms with E-state index in [-0.39, 0.29) is 18.9 Å². The molecule has 1 atom stereocenters. The number of aliphatic hydroxyl groups is 1. The van der Waals surface area contributed by atoms with Gasteiger partial charge in [0.05, 0.1) is 25.8 Å². The standard InChI is InChI=1S/C13H14N2O4S2/c1-19-13(18)10(16)5-14-11(17)4-9-7-21-12(15-9)8-2-3-20-6-8/h2-3,6-7,10,16H,4-5H2,1H3,(H,14,17). The van der Waals surface area contributed by atoms with Crippen LogP contribution in [0.3, 0.4) is 0 Å². The Kier molecular flexibility index (Phi) is 5.43. The van der Waals surface area contributed by atoms with Crippen LogP contribution in [-0.2, 0) is 20.7 Å². The smallest absolute Gasteiger partial charge is 0.336 e. The van der Waals surface area contributed by atoms with Gasteiger partial charge in [-0.25, -0.2) is 9.78 Å². The molecule has 0 aliphatic carbocycles. The first-order valence-electron chi connectivity index (χ1n) is 6.09. The monoisotopic (exact) mass is 326 g/mol. The van der Waals surface area contributed by atoms with Gasteiger partial charge in [-0.2, -0.15) is 11.3 Å². The Bertz CT molecular complexity index is 609. The van der Waals surface area contributed by atoms with E-state index in [4.69, 9.17) is 0 Å². The number of rotatable bonds is 6. The summed E-state index contributed by atoms with van der Waals surface area (Å²) in [6.45, 7) is -0.174. The van der Waals surface area contributed by atoms with Crippen LogP contribution >= 0.6 is 22.7 Å². The average molecular weight is 326 g/mol. The Labute approximate surface area is 129 Å². The summed E-state index contributed by atoms with van der Waals surface area (Å²) in [5, 5.41) is 18.5. The van der Waals surface area contributed by atoms with Crippen molar-refractivity contribution >= 4 is 34.6 Å². The molecule has 2 aromatic rings. The van der Waals surface area contributed by atoms with Crippen molar-refractivity contribution in [3.05, 3.63) is 27.9 Å². The Morgan fingerprint density at radius 1 is 1.48 bits per heavy atom. The summed E-state index contributed by atoms with van der Waals surface area (Å²) in [6, 6.07) is 1.97. The lowest BCUT2D eigenvalue weighted by Crippen LogP contribution is -2.37. The highest BCUT2D eigenvalue weighted by atomic mass is 32.1. The maximum atomic E-state index is 11.7. The van der Waals surface area contributed by atoms with E-state index in [1.54, 1.807) is 11.3 Å². The second kappa shape index (κ2) is 7.30. The van der Waals surface area contributed by atoms with Crippen LogP contribution in [0, 0.1) is 0 Å². The molecule has 1 unspecified atom stereocenters. The lowest BCUT2D eigenvalue weighted by molar-refractivity contribution is -0.150. The molecule has 0 aliphatic heterocycles. The Morgan fingerprint density at radius 2 is 2.29 bits per heavy atom. The van der Waals surface area contributed by atoms with Crippen LogP contribution in [-0.4, -0.2) is 41.7 Å². The van der Waals surface area contributed by atoms with Crippen LogP contribution in [0.1, 0.15) is 5.69 Å². The molecule has 0 radical (unpaired) electrons. The molecule has 2 N–H and O–H groups in total. The predicted octanol–water partition coefficient (Wildman–Crippen LogP) is 1.06. The summed E-state index contributed by atoms with van der Waals surface area (Å²) in [6.07, 6.45) is -1.25. The number of aliphatic hydroxyl groups excluding tert-OH is 1. The SMILES string of the molecule is COC(=O)C(O)CNC(=O)Cc1csc(-c2ccsc2)n1. The van der Waals surface area contributed by atoms with E-state index in [0.29, 0.717) is 5.69 Å². The molecule has 2 rings (SSSR count). The largest absolute Gasteiger partial charge is 0.467 e. The second-order valence-electron chi connectivity index (χ2n) is 4.18. The fraction of sp³-hybridized carbons (Fsp3) is 0.308. The number of hydrogen-bond donors (Lipinski definition) is 2. The van der Waals surface area contributed by atoms with Gasteiger partial charge in [-0.05, 0) is 11.4 Å². The molecule has 0 bridgehead atoms. The van der Waals surface area contributed by atoms with Gasteiger partial charge < -0.3 is 15.2 Å². The first kappa shape index (κ1) is 15.6. The second-order valence-corrected chi connectivity index (χ2v) is 5.81. The van der Waals surface area contributed by atoms with E-state index in [2.05, 4.69) is 15.0 Å². The van der Waals surface area contributed by atoms with Crippen LogP contribution < -0.4 is 5.32 Å². The normalized spacial score (nSPS) is 11.9. The first-order valence-corrected chi connectivity index (χ1v) is 7.92. The van der Waals surface area contributed by atoms with E-state index >= 15 is 0 Å².